The van der Waals surface area contributed by atoms with Gasteiger partial charge in [0.1, 0.15) is 11.4 Å². The first-order chi connectivity index (χ1) is 12.9. The van der Waals surface area contributed by atoms with Crippen LogP contribution in [0.4, 0.5) is 19.7 Å². The third kappa shape index (κ3) is 4.22. The lowest BCUT2D eigenvalue weighted by molar-refractivity contribution is -0.132. The molecule has 1 aliphatic rings. The van der Waals surface area contributed by atoms with Crippen molar-refractivity contribution >= 4 is 23.7 Å². The Labute approximate surface area is 155 Å². The van der Waals surface area contributed by atoms with Gasteiger partial charge in [-0.2, -0.15) is 5.01 Å². The van der Waals surface area contributed by atoms with Gasteiger partial charge < -0.3 is 10.6 Å². The van der Waals surface area contributed by atoms with Gasteiger partial charge in [0.25, 0.3) is 5.91 Å². The summed E-state index contributed by atoms with van der Waals surface area (Å²) in [5.74, 6) is -0.984. The van der Waals surface area contributed by atoms with E-state index < -0.39 is 29.3 Å². The quantitative estimate of drug-likeness (QED) is 0.707. The molecule has 0 aliphatic carbocycles. The van der Waals surface area contributed by atoms with Crippen LogP contribution in [0.15, 0.2) is 54.6 Å². The van der Waals surface area contributed by atoms with Crippen LogP contribution < -0.4 is 16.1 Å². The first kappa shape index (κ1) is 18.4. The number of hydrogen-bond acceptors (Lipinski definition) is 3. The topological polar surface area (TPSA) is 90.5 Å². The van der Waals surface area contributed by atoms with E-state index in [9.17, 15) is 18.8 Å². The fourth-order valence-corrected chi connectivity index (χ4v) is 2.79. The fourth-order valence-electron chi connectivity index (χ4n) is 2.79. The van der Waals surface area contributed by atoms with Crippen molar-refractivity contribution in [1.29, 1.82) is 0 Å². The number of nitrogens with zero attached hydrogens (tertiary/aromatic N) is 1. The van der Waals surface area contributed by atoms with Crippen LogP contribution in [0.2, 0.25) is 0 Å². The summed E-state index contributed by atoms with van der Waals surface area (Å²) in [6.07, 6.45) is 0.984. The zero-order valence-corrected chi connectivity index (χ0v) is 14.7. The Kier molecular flexibility index (Phi) is 5.07. The minimum absolute atomic E-state index is 0.327. The Balaban J connectivity index is 1.61. The normalized spacial score (nSPS) is 19.0. The summed E-state index contributed by atoms with van der Waals surface area (Å²) in [4.78, 5) is 36.8. The zero-order chi connectivity index (χ0) is 19.4. The molecule has 0 radical (unpaired) electrons. The number of aryl methyl sites for hydroxylation is 1. The van der Waals surface area contributed by atoms with Crippen molar-refractivity contribution < 1.29 is 18.8 Å². The molecule has 2 aromatic rings. The molecule has 0 aromatic heterocycles. The molecule has 140 valence electrons. The maximum Gasteiger partial charge on any atom is 0.344 e. The van der Waals surface area contributed by atoms with Crippen LogP contribution in [0, 0.1) is 5.82 Å². The number of benzene rings is 2. The summed E-state index contributed by atoms with van der Waals surface area (Å²) in [6.45, 7) is 1.62. The lowest BCUT2D eigenvalue weighted by Crippen LogP contribution is -2.50. The number of carbonyl (C=O) groups is 3. The van der Waals surface area contributed by atoms with Gasteiger partial charge in [-0.05, 0) is 49.6 Å². The van der Waals surface area contributed by atoms with Crippen LogP contribution >= 0.6 is 0 Å². The number of rotatable bonds is 5. The molecule has 1 unspecified atom stereocenters. The molecule has 7 nitrogen and oxygen atoms in total. The summed E-state index contributed by atoms with van der Waals surface area (Å²) < 4.78 is 12.9. The molecule has 0 spiro atoms. The van der Waals surface area contributed by atoms with Gasteiger partial charge in [0.05, 0.1) is 0 Å². The maximum atomic E-state index is 12.9. The van der Waals surface area contributed by atoms with Gasteiger partial charge in [-0.25, -0.2) is 19.4 Å². The zero-order valence-electron chi connectivity index (χ0n) is 14.7. The number of hydrogen-bond donors (Lipinski definition) is 3. The van der Waals surface area contributed by atoms with E-state index in [4.69, 9.17) is 0 Å². The Morgan fingerprint density at radius 3 is 2.44 bits per heavy atom. The van der Waals surface area contributed by atoms with Crippen molar-refractivity contribution in [2.75, 3.05) is 5.32 Å². The molecule has 1 atom stereocenters. The van der Waals surface area contributed by atoms with Gasteiger partial charge >= 0.3 is 12.1 Å². The second kappa shape index (κ2) is 7.45. The van der Waals surface area contributed by atoms with Gasteiger partial charge in [-0.3, -0.25) is 4.79 Å². The summed E-state index contributed by atoms with van der Waals surface area (Å²) >= 11 is 0. The molecule has 0 saturated carbocycles. The maximum absolute atomic E-state index is 12.9. The molecule has 3 rings (SSSR count). The second-order valence-corrected chi connectivity index (χ2v) is 6.46. The monoisotopic (exact) mass is 370 g/mol. The van der Waals surface area contributed by atoms with Crippen molar-refractivity contribution in [3.8, 4) is 0 Å². The molecule has 5 amide bonds. The lowest BCUT2D eigenvalue weighted by atomic mass is 9.93. The Hall–Kier alpha value is -3.42. The van der Waals surface area contributed by atoms with E-state index in [0.29, 0.717) is 23.5 Å². The summed E-state index contributed by atoms with van der Waals surface area (Å²) in [5.41, 5.74) is 2.48. The number of hydrazine groups is 1. The first-order valence-corrected chi connectivity index (χ1v) is 8.41. The number of anilines is 1. The molecule has 0 bridgehead atoms. The molecule has 3 N–H and O–H groups in total. The standard InChI is InChI=1S/C19H19FN4O3/c1-19(12-11-13-5-3-2-4-6-13)16(25)24(18(27)22-19)23-17(26)21-15-9-7-14(20)8-10-15/h2-10H,11-12H2,1H3,(H,22,27)(H2,21,23,26). The number of halogens is 1. The predicted molar refractivity (Wildman–Crippen MR) is 97.1 cm³/mol. The van der Waals surface area contributed by atoms with Crippen molar-refractivity contribution in [1.82, 2.24) is 15.8 Å². The van der Waals surface area contributed by atoms with E-state index in [1.807, 2.05) is 30.3 Å². The molecule has 1 heterocycles. The van der Waals surface area contributed by atoms with Crippen LogP contribution in [0.5, 0.6) is 0 Å². The van der Waals surface area contributed by atoms with Gasteiger partial charge in [-0.1, -0.05) is 30.3 Å². The first-order valence-electron chi connectivity index (χ1n) is 8.41. The fraction of sp³-hybridized carbons (Fsp3) is 0.211. The molecular formula is C19H19FN4O3. The van der Waals surface area contributed by atoms with Gasteiger partial charge in [0, 0.05) is 5.69 Å². The largest absolute Gasteiger partial charge is 0.344 e. The van der Waals surface area contributed by atoms with Crippen LogP contribution in [-0.2, 0) is 11.2 Å². The Morgan fingerprint density at radius 1 is 1.11 bits per heavy atom. The van der Waals surface area contributed by atoms with Gasteiger partial charge in [0.2, 0.25) is 0 Å². The third-order valence-corrected chi connectivity index (χ3v) is 4.33. The minimum atomic E-state index is -1.11. The molecule has 1 saturated heterocycles. The molecule has 2 aromatic carbocycles. The highest BCUT2D eigenvalue weighted by atomic mass is 19.1. The van der Waals surface area contributed by atoms with Gasteiger partial charge in [-0.15, -0.1) is 0 Å². The van der Waals surface area contributed by atoms with Crippen molar-refractivity contribution in [2.45, 2.75) is 25.3 Å². The van der Waals surface area contributed by atoms with E-state index in [0.717, 1.165) is 5.56 Å². The predicted octanol–water partition coefficient (Wildman–Crippen LogP) is 2.81. The molecular weight excluding hydrogens is 351 g/mol. The summed E-state index contributed by atoms with van der Waals surface area (Å²) in [7, 11) is 0. The SMILES string of the molecule is CC1(CCc2ccccc2)NC(=O)N(NC(=O)Nc2ccc(F)cc2)C1=O. The van der Waals surface area contributed by atoms with Crippen molar-refractivity contribution in [3.05, 3.63) is 66.0 Å². The van der Waals surface area contributed by atoms with Crippen LogP contribution in [-0.4, -0.2) is 28.5 Å². The molecule has 27 heavy (non-hydrogen) atoms. The number of imide groups is 1. The van der Waals surface area contributed by atoms with E-state index >= 15 is 0 Å². The number of amides is 5. The second-order valence-electron chi connectivity index (χ2n) is 6.46. The van der Waals surface area contributed by atoms with E-state index in [-0.39, 0.29) is 0 Å². The van der Waals surface area contributed by atoms with Crippen LogP contribution in [0.3, 0.4) is 0 Å². The van der Waals surface area contributed by atoms with E-state index in [2.05, 4.69) is 16.1 Å². The molecule has 1 aliphatic heterocycles. The third-order valence-electron chi connectivity index (χ3n) is 4.33. The highest BCUT2D eigenvalue weighted by Crippen LogP contribution is 2.22. The average molecular weight is 370 g/mol. The Morgan fingerprint density at radius 2 is 1.78 bits per heavy atom. The van der Waals surface area contributed by atoms with Gasteiger partial charge in [0.15, 0.2) is 0 Å². The highest BCUT2D eigenvalue weighted by Gasteiger charge is 2.48. The molecule has 8 heteroatoms. The molecule has 1 fully saturated rings. The summed E-state index contributed by atoms with van der Waals surface area (Å²) in [5, 5.41) is 5.71. The van der Waals surface area contributed by atoms with Crippen molar-refractivity contribution in [2.24, 2.45) is 0 Å². The van der Waals surface area contributed by atoms with Crippen molar-refractivity contribution in [3.63, 3.8) is 0 Å². The number of nitrogens with one attached hydrogen (secondary N) is 3. The van der Waals surface area contributed by atoms with Crippen LogP contribution in [0.1, 0.15) is 18.9 Å². The van der Waals surface area contributed by atoms with E-state index in [1.54, 1.807) is 6.92 Å². The highest BCUT2D eigenvalue weighted by molar-refractivity contribution is 6.08. The number of urea groups is 2. The Bertz CT molecular complexity index is 857. The van der Waals surface area contributed by atoms with Crippen LogP contribution in [0.25, 0.3) is 0 Å². The van der Waals surface area contributed by atoms with E-state index in [1.165, 1.54) is 24.3 Å². The smallest absolute Gasteiger partial charge is 0.322 e. The summed E-state index contributed by atoms with van der Waals surface area (Å²) in [6, 6.07) is 13.2. The minimum Gasteiger partial charge on any atom is -0.322 e. The lowest BCUT2D eigenvalue weighted by Gasteiger charge is -2.21. The average Bonchev–Trinajstić information content (AvgIpc) is 2.86. The number of carbonyl (C=O) groups excluding carboxylic acids is 3.